The molecule has 0 spiro atoms. The maximum absolute atomic E-state index is 8.96. The zero-order valence-electron chi connectivity index (χ0n) is 7.18. The zero-order chi connectivity index (χ0) is 8.15. The Balaban J connectivity index is 3.91. The number of aliphatic hydroxyl groups is 1. The summed E-state index contributed by atoms with van der Waals surface area (Å²) < 4.78 is 0. The van der Waals surface area contributed by atoms with Gasteiger partial charge in [-0.3, -0.25) is 0 Å². The molecule has 0 aromatic carbocycles. The van der Waals surface area contributed by atoms with Crippen LogP contribution in [0, 0.1) is 0 Å². The first-order valence-corrected chi connectivity index (χ1v) is 3.61. The highest BCUT2D eigenvalue weighted by atomic mass is 16.3. The molecule has 0 radical (unpaired) electrons. The summed E-state index contributed by atoms with van der Waals surface area (Å²) in [5, 5.41) is 12.1. The van der Waals surface area contributed by atoms with Crippen molar-refractivity contribution in [3.8, 4) is 0 Å². The summed E-state index contributed by atoms with van der Waals surface area (Å²) in [6.07, 6.45) is 1.51. The predicted octanol–water partition coefficient (Wildman–Crippen LogP) is 0.921. The van der Waals surface area contributed by atoms with Crippen molar-refractivity contribution in [2.45, 2.75) is 32.9 Å². The molecule has 0 aliphatic heterocycles. The van der Waals surface area contributed by atoms with Crippen molar-refractivity contribution >= 4 is 0 Å². The van der Waals surface area contributed by atoms with Gasteiger partial charge in [0.15, 0.2) is 0 Å². The van der Waals surface area contributed by atoms with Crippen LogP contribution in [0.1, 0.15) is 20.8 Å². The van der Waals surface area contributed by atoms with Crippen LogP contribution in [0.4, 0.5) is 0 Å². The van der Waals surface area contributed by atoms with Crippen LogP contribution in [-0.4, -0.2) is 24.3 Å². The van der Waals surface area contributed by atoms with Crippen LogP contribution in [0.15, 0.2) is 11.6 Å². The maximum atomic E-state index is 8.96. The summed E-state index contributed by atoms with van der Waals surface area (Å²) in [6, 6.07) is 0.356. The Kier molecular flexibility index (Phi) is 4.32. The molecule has 0 rings (SSSR count). The minimum atomic E-state index is -0.337. The Bertz CT molecular complexity index is 118. The minimum absolute atomic E-state index is 0.337. The predicted molar refractivity (Wildman–Crippen MR) is 44.0 cm³/mol. The van der Waals surface area contributed by atoms with Gasteiger partial charge in [0.25, 0.3) is 0 Å². The fourth-order valence-corrected chi connectivity index (χ4v) is 0.752. The van der Waals surface area contributed by atoms with Crippen LogP contribution in [-0.2, 0) is 0 Å². The third-order valence-electron chi connectivity index (χ3n) is 1.62. The summed E-state index contributed by atoms with van der Waals surface area (Å²) in [5.41, 5.74) is 1.18. The van der Waals surface area contributed by atoms with Gasteiger partial charge >= 0.3 is 0 Å². The molecule has 0 aromatic rings. The lowest BCUT2D eigenvalue weighted by Gasteiger charge is -2.11. The molecule has 0 aromatic heterocycles. The molecule has 60 valence electrons. The summed E-state index contributed by atoms with van der Waals surface area (Å²) in [5.74, 6) is 0. The molecule has 2 atom stereocenters. The highest BCUT2D eigenvalue weighted by Gasteiger charge is 2.00. The van der Waals surface area contributed by atoms with Crippen molar-refractivity contribution in [2.24, 2.45) is 0 Å². The molecular formula is C8H17NO. The quantitative estimate of drug-likeness (QED) is 0.576. The van der Waals surface area contributed by atoms with E-state index in [1.54, 1.807) is 6.92 Å². The molecule has 0 aliphatic carbocycles. The Morgan fingerprint density at radius 1 is 1.50 bits per heavy atom. The lowest BCUT2D eigenvalue weighted by molar-refractivity contribution is 0.242. The molecular weight excluding hydrogens is 126 g/mol. The molecule has 0 saturated heterocycles. The van der Waals surface area contributed by atoms with E-state index >= 15 is 0 Å². The number of rotatable bonds is 3. The largest absolute Gasteiger partial charge is 0.389 e. The number of aliphatic hydroxyl groups excluding tert-OH is 1. The summed E-state index contributed by atoms with van der Waals surface area (Å²) in [6.45, 7) is 5.83. The average molecular weight is 143 g/mol. The van der Waals surface area contributed by atoms with E-state index in [9.17, 15) is 0 Å². The minimum Gasteiger partial charge on any atom is -0.389 e. The lowest BCUT2D eigenvalue weighted by Crippen LogP contribution is -2.22. The van der Waals surface area contributed by atoms with E-state index in [2.05, 4.69) is 12.2 Å². The van der Waals surface area contributed by atoms with E-state index in [0.717, 1.165) is 0 Å². The summed E-state index contributed by atoms with van der Waals surface area (Å²) in [4.78, 5) is 0. The van der Waals surface area contributed by atoms with Crippen LogP contribution in [0.2, 0.25) is 0 Å². The van der Waals surface area contributed by atoms with Crippen LogP contribution >= 0.6 is 0 Å². The molecule has 0 fully saturated rings. The topological polar surface area (TPSA) is 32.3 Å². The fourth-order valence-electron chi connectivity index (χ4n) is 0.752. The molecule has 2 nitrogen and oxygen atoms in total. The van der Waals surface area contributed by atoms with Crippen molar-refractivity contribution in [3.63, 3.8) is 0 Å². The second-order valence-electron chi connectivity index (χ2n) is 2.66. The highest BCUT2D eigenvalue weighted by molar-refractivity contribution is 5.07. The second kappa shape index (κ2) is 4.47. The first-order chi connectivity index (χ1) is 4.57. The Morgan fingerprint density at radius 2 is 2.00 bits per heavy atom. The van der Waals surface area contributed by atoms with Crippen molar-refractivity contribution in [1.82, 2.24) is 5.32 Å². The van der Waals surface area contributed by atoms with Gasteiger partial charge in [0.1, 0.15) is 0 Å². The SMILES string of the molecule is CNC(C)/C(C)=C\C(C)O. The molecule has 0 heterocycles. The number of nitrogens with one attached hydrogen (secondary N) is 1. The average Bonchev–Trinajstić information content (AvgIpc) is 1.85. The standard InChI is InChI=1S/C8H17NO/c1-6(5-7(2)10)8(3)9-4/h5,7-10H,1-4H3/b6-5-. The molecule has 0 aliphatic rings. The van der Waals surface area contributed by atoms with Gasteiger partial charge in [-0.05, 0) is 27.8 Å². The van der Waals surface area contributed by atoms with E-state index in [0.29, 0.717) is 6.04 Å². The maximum Gasteiger partial charge on any atom is 0.0695 e. The summed E-state index contributed by atoms with van der Waals surface area (Å²) in [7, 11) is 1.91. The number of hydrogen-bond donors (Lipinski definition) is 2. The third-order valence-corrected chi connectivity index (χ3v) is 1.62. The van der Waals surface area contributed by atoms with E-state index in [-0.39, 0.29) is 6.10 Å². The van der Waals surface area contributed by atoms with Crippen LogP contribution in [0.25, 0.3) is 0 Å². The molecule has 2 heteroatoms. The van der Waals surface area contributed by atoms with Crippen molar-refractivity contribution in [3.05, 3.63) is 11.6 Å². The van der Waals surface area contributed by atoms with Gasteiger partial charge in [-0.25, -0.2) is 0 Å². The van der Waals surface area contributed by atoms with Gasteiger partial charge in [-0.1, -0.05) is 11.6 Å². The monoisotopic (exact) mass is 143 g/mol. The smallest absolute Gasteiger partial charge is 0.0695 e. The Labute approximate surface area is 62.9 Å². The normalized spacial score (nSPS) is 18.7. The fraction of sp³-hybridized carbons (Fsp3) is 0.750. The van der Waals surface area contributed by atoms with Crippen LogP contribution in [0.5, 0.6) is 0 Å². The van der Waals surface area contributed by atoms with Gasteiger partial charge in [0, 0.05) is 6.04 Å². The van der Waals surface area contributed by atoms with Gasteiger partial charge in [0.2, 0.25) is 0 Å². The van der Waals surface area contributed by atoms with E-state index in [1.807, 2.05) is 20.0 Å². The van der Waals surface area contributed by atoms with Crippen molar-refractivity contribution in [1.29, 1.82) is 0 Å². The van der Waals surface area contributed by atoms with Crippen molar-refractivity contribution < 1.29 is 5.11 Å². The molecule has 0 saturated carbocycles. The van der Waals surface area contributed by atoms with Crippen LogP contribution < -0.4 is 5.32 Å². The van der Waals surface area contributed by atoms with Gasteiger partial charge in [0.05, 0.1) is 6.10 Å². The first kappa shape index (κ1) is 9.66. The van der Waals surface area contributed by atoms with Gasteiger partial charge < -0.3 is 10.4 Å². The number of likely N-dealkylation sites (N-methyl/N-ethyl adjacent to an activating group) is 1. The molecule has 2 unspecified atom stereocenters. The molecule has 10 heavy (non-hydrogen) atoms. The van der Waals surface area contributed by atoms with Gasteiger partial charge in [-0.15, -0.1) is 0 Å². The first-order valence-electron chi connectivity index (χ1n) is 3.61. The summed E-state index contributed by atoms with van der Waals surface area (Å²) >= 11 is 0. The van der Waals surface area contributed by atoms with Crippen molar-refractivity contribution in [2.75, 3.05) is 7.05 Å². The lowest BCUT2D eigenvalue weighted by atomic mass is 10.1. The van der Waals surface area contributed by atoms with E-state index < -0.39 is 0 Å². The second-order valence-corrected chi connectivity index (χ2v) is 2.66. The van der Waals surface area contributed by atoms with E-state index in [1.165, 1.54) is 5.57 Å². The molecule has 0 bridgehead atoms. The highest BCUT2D eigenvalue weighted by Crippen LogP contribution is 2.00. The zero-order valence-corrected chi connectivity index (χ0v) is 7.18. The molecule has 2 N–H and O–H groups in total. The van der Waals surface area contributed by atoms with E-state index in [4.69, 9.17) is 5.11 Å². The Morgan fingerprint density at radius 3 is 2.30 bits per heavy atom. The van der Waals surface area contributed by atoms with Gasteiger partial charge in [-0.2, -0.15) is 0 Å². The molecule has 0 amide bonds. The number of hydrogen-bond acceptors (Lipinski definition) is 2. The Hall–Kier alpha value is -0.340. The third kappa shape index (κ3) is 3.64. The van der Waals surface area contributed by atoms with Crippen LogP contribution in [0.3, 0.4) is 0 Å².